The number of amides is 1. The summed E-state index contributed by atoms with van der Waals surface area (Å²) in [5.41, 5.74) is 4.57. The Morgan fingerprint density at radius 3 is 2.33 bits per heavy atom. The second kappa shape index (κ2) is 8.17. The molecular formula is C25H20ClNO3. The molecule has 1 N–H and O–H groups in total. The van der Waals surface area contributed by atoms with Crippen molar-refractivity contribution in [1.29, 1.82) is 0 Å². The maximum Gasteiger partial charge on any atom is 0.228 e. The lowest BCUT2D eigenvalue weighted by Crippen LogP contribution is -2.14. The van der Waals surface area contributed by atoms with Gasteiger partial charge in [-0.2, -0.15) is 0 Å². The van der Waals surface area contributed by atoms with Gasteiger partial charge in [0, 0.05) is 27.2 Å². The molecule has 0 aliphatic rings. The lowest BCUT2D eigenvalue weighted by Gasteiger charge is -2.06. The Morgan fingerprint density at radius 2 is 1.63 bits per heavy atom. The first-order valence-electron chi connectivity index (χ1n) is 9.59. The molecule has 0 bridgehead atoms. The highest BCUT2D eigenvalue weighted by molar-refractivity contribution is 6.30. The number of fused-ring (bicyclic) bond motifs is 1. The van der Waals surface area contributed by atoms with Crippen molar-refractivity contribution in [2.75, 3.05) is 5.32 Å². The molecule has 0 spiro atoms. The van der Waals surface area contributed by atoms with Gasteiger partial charge in [0.1, 0.15) is 5.58 Å². The minimum Gasteiger partial charge on any atom is -0.452 e. The number of benzene rings is 3. The molecule has 0 aliphatic heterocycles. The zero-order valence-electron chi connectivity index (χ0n) is 16.7. The fraction of sp³-hybridized carbons (Fsp3) is 0.120. The summed E-state index contributed by atoms with van der Waals surface area (Å²) in [5, 5.41) is 4.34. The van der Waals surface area contributed by atoms with E-state index in [0.29, 0.717) is 27.6 Å². The number of hydrogen-bond donors (Lipinski definition) is 1. The smallest absolute Gasteiger partial charge is 0.228 e. The standard InChI is InChI=1S/C25H20ClNO3/c1-15-3-7-18(8-4-15)24(29)25-16(2)21-14-20(11-12-22(21)30-25)27-23(28)13-17-5-9-19(26)10-6-17/h3-12,14H,13H2,1-2H3,(H,27,28). The van der Waals surface area contributed by atoms with Crippen molar-refractivity contribution in [1.82, 2.24) is 0 Å². The third kappa shape index (κ3) is 4.14. The molecule has 1 heterocycles. The van der Waals surface area contributed by atoms with Gasteiger partial charge in [0.2, 0.25) is 11.7 Å². The van der Waals surface area contributed by atoms with Crippen LogP contribution in [0.4, 0.5) is 5.69 Å². The first-order chi connectivity index (χ1) is 14.4. The summed E-state index contributed by atoms with van der Waals surface area (Å²) in [6.45, 7) is 3.83. The SMILES string of the molecule is Cc1ccc(C(=O)c2oc3ccc(NC(=O)Cc4ccc(Cl)cc4)cc3c2C)cc1. The molecule has 0 radical (unpaired) electrons. The van der Waals surface area contributed by atoms with E-state index in [1.807, 2.05) is 44.2 Å². The van der Waals surface area contributed by atoms with Crippen LogP contribution in [-0.2, 0) is 11.2 Å². The maximum atomic E-state index is 12.9. The fourth-order valence-corrected chi connectivity index (χ4v) is 3.47. The second-order valence-corrected chi connectivity index (χ2v) is 7.75. The minimum atomic E-state index is -0.156. The molecule has 30 heavy (non-hydrogen) atoms. The minimum absolute atomic E-state index is 0.131. The number of halogens is 1. The zero-order chi connectivity index (χ0) is 21.3. The molecule has 0 atom stereocenters. The van der Waals surface area contributed by atoms with Crippen LogP contribution in [0, 0.1) is 13.8 Å². The second-order valence-electron chi connectivity index (χ2n) is 7.31. The number of hydrogen-bond acceptors (Lipinski definition) is 3. The Bertz CT molecular complexity index is 1240. The molecular weight excluding hydrogens is 398 g/mol. The average molecular weight is 418 g/mol. The van der Waals surface area contributed by atoms with Crippen LogP contribution in [-0.4, -0.2) is 11.7 Å². The van der Waals surface area contributed by atoms with Crippen LogP contribution in [0.1, 0.15) is 32.8 Å². The molecule has 0 fully saturated rings. The van der Waals surface area contributed by atoms with Crippen LogP contribution in [0.5, 0.6) is 0 Å². The normalized spacial score (nSPS) is 10.9. The first kappa shape index (κ1) is 19.9. The van der Waals surface area contributed by atoms with Crippen molar-refractivity contribution in [3.8, 4) is 0 Å². The summed E-state index contributed by atoms with van der Waals surface area (Å²) in [4.78, 5) is 25.3. The van der Waals surface area contributed by atoms with Crippen LogP contribution in [0.15, 0.2) is 71.1 Å². The van der Waals surface area contributed by atoms with Crippen LogP contribution in [0.3, 0.4) is 0 Å². The summed E-state index contributed by atoms with van der Waals surface area (Å²) in [7, 11) is 0. The molecule has 4 aromatic rings. The molecule has 1 amide bonds. The topological polar surface area (TPSA) is 59.3 Å². The predicted octanol–water partition coefficient (Wildman–Crippen LogP) is 6.12. The van der Waals surface area contributed by atoms with Crippen LogP contribution in [0.25, 0.3) is 11.0 Å². The van der Waals surface area contributed by atoms with Crippen LogP contribution in [0.2, 0.25) is 5.02 Å². The van der Waals surface area contributed by atoms with Crippen molar-refractivity contribution in [2.45, 2.75) is 20.3 Å². The molecule has 5 heteroatoms. The molecule has 4 rings (SSSR count). The molecule has 1 aromatic heterocycles. The van der Waals surface area contributed by atoms with Gasteiger partial charge in [0.25, 0.3) is 0 Å². The lowest BCUT2D eigenvalue weighted by molar-refractivity contribution is -0.115. The Labute approximate surface area is 179 Å². The summed E-state index contributed by atoms with van der Waals surface area (Å²) in [5.74, 6) is 0.0318. The van der Waals surface area contributed by atoms with Gasteiger partial charge in [-0.15, -0.1) is 0 Å². The highest BCUT2D eigenvalue weighted by atomic mass is 35.5. The third-order valence-electron chi connectivity index (χ3n) is 5.02. The van der Waals surface area contributed by atoms with Crippen LogP contribution < -0.4 is 5.32 Å². The lowest BCUT2D eigenvalue weighted by atomic mass is 10.0. The van der Waals surface area contributed by atoms with E-state index in [-0.39, 0.29) is 18.1 Å². The molecule has 4 nitrogen and oxygen atoms in total. The zero-order valence-corrected chi connectivity index (χ0v) is 17.4. The van der Waals surface area contributed by atoms with E-state index in [1.54, 1.807) is 36.4 Å². The molecule has 0 saturated carbocycles. The molecule has 0 aliphatic carbocycles. The number of nitrogens with one attached hydrogen (secondary N) is 1. The van der Waals surface area contributed by atoms with E-state index in [9.17, 15) is 9.59 Å². The largest absolute Gasteiger partial charge is 0.452 e. The van der Waals surface area contributed by atoms with Gasteiger partial charge in [-0.05, 0) is 49.7 Å². The van der Waals surface area contributed by atoms with E-state index in [1.165, 1.54) is 0 Å². The van der Waals surface area contributed by atoms with Crippen molar-refractivity contribution in [3.05, 3.63) is 99.8 Å². The van der Waals surface area contributed by atoms with Crippen molar-refractivity contribution >= 4 is 39.9 Å². The highest BCUT2D eigenvalue weighted by Crippen LogP contribution is 2.29. The number of carbonyl (C=O) groups is 2. The van der Waals surface area contributed by atoms with Crippen LogP contribution >= 0.6 is 11.6 Å². The van der Waals surface area contributed by atoms with E-state index >= 15 is 0 Å². The first-order valence-corrected chi connectivity index (χ1v) is 9.97. The Kier molecular flexibility index (Phi) is 5.42. The van der Waals surface area contributed by atoms with Gasteiger partial charge >= 0.3 is 0 Å². The molecule has 150 valence electrons. The number of anilines is 1. The Morgan fingerprint density at radius 1 is 0.933 bits per heavy atom. The highest BCUT2D eigenvalue weighted by Gasteiger charge is 2.19. The molecule has 0 saturated heterocycles. The number of carbonyl (C=O) groups excluding carboxylic acids is 2. The van der Waals surface area contributed by atoms with Gasteiger partial charge in [0.05, 0.1) is 6.42 Å². The van der Waals surface area contributed by atoms with Crippen molar-refractivity contribution < 1.29 is 14.0 Å². The number of rotatable bonds is 5. The average Bonchev–Trinajstić information content (AvgIpc) is 3.06. The van der Waals surface area contributed by atoms with Gasteiger partial charge in [-0.25, -0.2) is 0 Å². The van der Waals surface area contributed by atoms with Crippen molar-refractivity contribution in [3.63, 3.8) is 0 Å². The molecule has 3 aromatic carbocycles. The summed E-state index contributed by atoms with van der Waals surface area (Å²) in [6, 6.07) is 20.0. The summed E-state index contributed by atoms with van der Waals surface area (Å²) in [6.07, 6.45) is 0.247. The van der Waals surface area contributed by atoms with Gasteiger partial charge in [0.15, 0.2) is 5.76 Å². The Hall–Kier alpha value is -3.37. The number of aryl methyl sites for hydroxylation is 2. The predicted molar refractivity (Wildman–Crippen MR) is 119 cm³/mol. The van der Waals surface area contributed by atoms with E-state index < -0.39 is 0 Å². The van der Waals surface area contributed by atoms with E-state index in [0.717, 1.165) is 22.1 Å². The fourth-order valence-electron chi connectivity index (χ4n) is 3.34. The maximum absolute atomic E-state index is 12.9. The van der Waals surface area contributed by atoms with E-state index in [2.05, 4.69) is 5.32 Å². The molecule has 0 unspecified atom stereocenters. The quantitative estimate of drug-likeness (QED) is 0.398. The van der Waals surface area contributed by atoms with Gasteiger partial charge in [-0.3, -0.25) is 9.59 Å². The third-order valence-corrected chi connectivity index (χ3v) is 5.27. The van der Waals surface area contributed by atoms with Gasteiger partial charge in [-0.1, -0.05) is 53.6 Å². The van der Waals surface area contributed by atoms with E-state index in [4.69, 9.17) is 16.0 Å². The Balaban J connectivity index is 1.56. The number of furan rings is 1. The summed E-state index contributed by atoms with van der Waals surface area (Å²) >= 11 is 5.89. The monoisotopic (exact) mass is 417 g/mol. The number of ketones is 1. The van der Waals surface area contributed by atoms with Gasteiger partial charge < -0.3 is 9.73 Å². The van der Waals surface area contributed by atoms with Crippen molar-refractivity contribution in [2.24, 2.45) is 0 Å². The summed E-state index contributed by atoms with van der Waals surface area (Å²) < 4.78 is 5.84.